The molecule has 0 bridgehead atoms. The summed E-state index contributed by atoms with van der Waals surface area (Å²) in [6.45, 7) is 3.85. The highest BCUT2D eigenvalue weighted by molar-refractivity contribution is 6.31. The molecule has 3 atom stereocenters. The SMILES string of the molecule is CC(=O)N(C)c1cnn(C(=O)N2C[C@H]3C[C@@H](N(C)Cc4ccccc4Cl)C[C@H]3C2)c1. The smallest absolute Gasteiger partial charge is 0.322 e. The number of amides is 2. The summed E-state index contributed by atoms with van der Waals surface area (Å²) in [5.41, 5.74) is 1.78. The minimum Gasteiger partial charge on any atom is -0.322 e. The molecule has 160 valence electrons. The fourth-order valence-corrected chi connectivity index (χ4v) is 4.92. The molecule has 2 aliphatic rings. The number of halogens is 1. The lowest BCUT2D eigenvalue weighted by atomic mass is 10.0. The van der Waals surface area contributed by atoms with E-state index >= 15 is 0 Å². The summed E-state index contributed by atoms with van der Waals surface area (Å²) in [6, 6.07) is 8.39. The zero-order valence-electron chi connectivity index (χ0n) is 17.7. The molecule has 1 aliphatic heterocycles. The van der Waals surface area contributed by atoms with E-state index in [0.717, 1.165) is 43.1 Å². The average molecular weight is 430 g/mol. The summed E-state index contributed by atoms with van der Waals surface area (Å²) < 4.78 is 1.34. The van der Waals surface area contributed by atoms with E-state index in [4.69, 9.17) is 11.6 Å². The summed E-state index contributed by atoms with van der Waals surface area (Å²) in [7, 11) is 3.84. The second kappa shape index (κ2) is 8.40. The van der Waals surface area contributed by atoms with Crippen LogP contribution >= 0.6 is 11.6 Å². The van der Waals surface area contributed by atoms with Crippen molar-refractivity contribution in [2.75, 3.05) is 32.1 Å². The molecule has 2 aromatic rings. The molecule has 30 heavy (non-hydrogen) atoms. The lowest BCUT2D eigenvalue weighted by Gasteiger charge is -2.26. The van der Waals surface area contributed by atoms with Gasteiger partial charge in [-0.15, -0.1) is 0 Å². The number of hydrogen-bond donors (Lipinski definition) is 0. The minimum absolute atomic E-state index is 0.0929. The fraction of sp³-hybridized carbons (Fsp3) is 0.500. The standard InChI is InChI=1S/C22H28ClN5O2/c1-15(29)26(3)20-10-24-28(14-20)22(30)27-12-17-8-19(9-18(17)13-27)25(2)11-16-6-4-5-7-21(16)23/h4-7,10,14,17-19H,8-9,11-13H2,1-3H3/t17-,18+,19-. The number of likely N-dealkylation sites (tertiary alicyclic amines) is 1. The summed E-state index contributed by atoms with van der Waals surface area (Å²) in [5.74, 6) is 0.940. The van der Waals surface area contributed by atoms with E-state index in [2.05, 4.69) is 23.1 Å². The predicted molar refractivity (Wildman–Crippen MR) is 117 cm³/mol. The van der Waals surface area contributed by atoms with Gasteiger partial charge in [-0.2, -0.15) is 9.78 Å². The maximum atomic E-state index is 12.9. The molecule has 1 saturated heterocycles. The molecule has 8 heteroatoms. The van der Waals surface area contributed by atoms with Crippen molar-refractivity contribution < 1.29 is 9.59 Å². The largest absolute Gasteiger partial charge is 0.344 e. The maximum absolute atomic E-state index is 12.9. The molecule has 1 saturated carbocycles. The van der Waals surface area contributed by atoms with Gasteiger partial charge >= 0.3 is 6.03 Å². The van der Waals surface area contributed by atoms with Crippen LogP contribution in [0.5, 0.6) is 0 Å². The highest BCUT2D eigenvalue weighted by Gasteiger charge is 2.43. The molecule has 2 heterocycles. The third-order valence-electron chi connectivity index (χ3n) is 6.62. The van der Waals surface area contributed by atoms with Crippen molar-refractivity contribution in [3.05, 3.63) is 47.2 Å². The highest BCUT2D eigenvalue weighted by Crippen LogP contribution is 2.40. The number of carbonyl (C=O) groups is 2. The van der Waals surface area contributed by atoms with Crippen LogP contribution in [0.25, 0.3) is 0 Å². The van der Waals surface area contributed by atoms with Gasteiger partial charge in [-0.3, -0.25) is 9.69 Å². The first kappa shape index (κ1) is 20.9. The fourth-order valence-electron chi connectivity index (χ4n) is 4.73. The average Bonchev–Trinajstić information content (AvgIpc) is 3.43. The van der Waals surface area contributed by atoms with E-state index in [9.17, 15) is 9.59 Å². The number of anilines is 1. The number of nitrogens with zero attached hydrogens (tertiary/aromatic N) is 5. The Labute approximate surface area is 182 Å². The molecule has 2 amide bonds. The first-order chi connectivity index (χ1) is 14.3. The van der Waals surface area contributed by atoms with E-state index in [1.807, 2.05) is 23.1 Å². The van der Waals surface area contributed by atoms with Gasteiger partial charge in [-0.1, -0.05) is 29.8 Å². The van der Waals surface area contributed by atoms with Crippen molar-refractivity contribution in [3.63, 3.8) is 0 Å². The van der Waals surface area contributed by atoms with Crippen LogP contribution in [0.2, 0.25) is 5.02 Å². The molecule has 0 N–H and O–H groups in total. The quantitative estimate of drug-likeness (QED) is 0.747. The van der Waals surface area contributed by atoms with E-state index < -0.39 is 0 Å². The Morgan fingerprint density at radius 2 is 1.83 bits per heavy atom. The Kier molecular flexibility index (Phi) is 5.84. The zero-order chi connectivity index (χ0) is 21.4. The molecular weight excluding hydrogens is 402 g/mol. The Hall–Kier alpha value is -2.38. The van der Waals surface area contributed by atoms with Gasteiger partial charge in [0.05, 0.1) is 18.1 Å². The lowest BCUT2D eigenvalue weighted by molar-refractivity contribution is -0.116. The summed E-state index contributed by atoms with van der Waals surface area (Å²) >= 11 is 6.32. The number of aromatic nitrogens is 2. The van der Waals surface area contributed by atoms with E-state index in [1.165, 1.54) is 16.5 Å². The van der Waals surface area contributed by atoms with E-state index in [-0.39, 0.29) is 11.9 Å². The molecule has 2 fully saturated rings. The number of fused-ring (bicyclic) bond motifs is 1. The summed E-state index contributed by atoms with van der Waals surface area (Å²) in [4.78, 5) is 30.2. The third-order valence-corrected chi connectivity index (χ3v) is 6.99. The van der Waals surface area contributed by atoms with Crippen molar-refractivity contribution in [1.29, 1.82) is 0 Å². The highest BCUT2D eigenvalue weighted by atomic mass is 35.5. The van der Waals surface area contributed by atoms with Gasteiger partial charge < -0.3 is 9.80 Å². The number of hydrogen-bond acceptors (Lipinski definition) is 4. The summed E-state index contributed by atoms with van der Waals surface area (Å²) in [5, 5.41) is 4.98. The lowest BCUT2D eigenvalue weighted by Crippen LogP contribution is -2.36. The molecular formula is C22H28ClN5O2. The van der Waals surface area contributed by atoms with Gasteiger partial charge in [0.15, 0.2) is 0 Å². The van der Waals surface area contributed by atoms with Crippen LogP contribution in [0.1, 0.15) is 25.3 Å². The Morgan fingerprint density at radius 1 is 1.17 bits per heavy atom. The van der Waals surface area contributed by atoms with Crippen LogP contribution in [0.3, 0.4) is 0 Å². The van der Waals surface area contributed by atoms with Gasteiger partial charge in [0.1, 0.15) is 0 Å². The Bertz CT molecular complexity index is 931. The first-order valence-corrected chi connectivity index (χ1v) is 10.7. The minimum atomic E-state index is -0.117. The number of carbonyl (C=O) groups excluding carboxylic acids is 2. The number of rotatable bonds is 4. The molecule has 4 rings (SSSR count). The van der Waals surface area contributed by atoms with Crippen LogP contribution in [0.4, 0.5) is 10.5 Å². The van der Waals surface area contributed by atoms with E-state index in [0.29, 0.717) is 23.6 Å². The van der Waals surface area contributed by atoms with Crippen LogP contribution in [-0.2, 0) is 11.3 Å². The third kappa shape index (κ3) is 4.09. The van der Waals surface area contributed by atoms with Gasteiger partial charge in [0, 0.05) is 44.7 Å². The van der Waals surface area contributed by atoms with Crippen molar-refractivity contribution in [2.45, 2.75) is 32.4 Å². The molecule has 1 aromatic heterocycles. The topological polar surface area (TPSA) is 61.7 Å². The Morgan fingerprint density at radius 3 is 2.47 bits per heavy atom. The normalized spacial score (nSPS) is 23.1. The van der Waals surface area contributed by atoms with Crippen LogP contribution < -0.4 is 4.90 Å². The Balaban J connectivity index is 1.34. The second-order valence-corrected chi connectivity index (χ2v) is 8.97. The molecule has 1 aliphatic carbocycles. The van der Waals surface area contributed by atoms with Crippen molar-refractivity contribution in [1.82, 2.24) is 19.6 Å². The van der Waals surface area contributed by atoms with Gasteiger partial charge in [-0.25, -0.2) is 4.79 Å². The maximum Gasteiger partial charge on any atom is 0.344 e. The monoisotopic (exact) mass is 429 g/mol. The first-order valence-electron chi connectivity index (χ1n) is 10.4. The predicted octanol–water partition coefficient (Wildman–Crippen LogP) is 3.33. The van der Waals surface area contributed by atoms with Crippen LogP contribution in [-0.4, -0.2) is 64.7 Å². The van der Waals surface area contributed by atoms with Crippen molar-refractivity contribution in [3.8, 4) is 0 Å². The van der Waals surface area contributed by atoms with Crippen LogP contribution in [0.15, 0.2) is 36.7 Å². The van der Waals surface area contributed by atoms with Crippen molar-refractivity contribution in [2.24, 2.45) is 11.8 Å². The molecule has 7 nitrogen and oxygen atoms in total. The van der Waals surface area contributed by atoms with Gasteiger partial charge in [0.2, 0.25) is 5.91 Å². The van der Waals surface area contributed by atoms with Gasteiger partial charge in [0.25, 0.3) is 0 Å². The van der Waals surface area contributed by atoms with Crippen molar-refractivity contribution >= 4 is 29.2 Å². The number of benzene rings is 1. The molecule has 0 spiro atoms. The van der Waals surface area contributed by atoms with E-state index in [1.54, 1.807) is 19.4 Å². The summed E-state index contributed by atoms with van der Waals surface area (Å²) in [6.07, 6.45) is 5.35. The zero-order valence-corrected chi connectivity index (χ0v) is 18.4. The molecule has 0 radical (unpaired) electrons. The molecule has 1 aromatic carbocycles. The second-order valence-electron chi connectivity index (χ2n) is 8.56. The van der Waals surface area contributed by atoms with Crippen LogP contribution in [0, 0.1) is 11.8 Å². The molecule has 0 unspecified atom stereocenters. The van der Waals surface area contributed by atoms with Gasteiger partial charge in [-0.05, 0) is 43.4 Å².